The molecule has 2 bridgehead atoms. The first kappa shape index (κ1) is 27.3. The number of aromatic nitrogens is 4. The van der Waals surface area contributed by atoms with Crippen LogP contribution >= 0.6 is 23.2 Å². The molecule has 41 heavy (non-hydrogen) atoms. The van der Waals surface area contributed by atoms with Crippen LogP contribution in [-0.4, -0.2) is 42.8 Å². The fraction of sp³-hybridized carbons (Fsp3) is 0.290. The Morgan fingerprint density at radius 1 is 1.05 bits per heavy atom. The summed E-state index contributed by atoms with van der Waals surface area (Å²) in [5, 5.41) is 12.0. The molecule has 0 unspecified atom stereocenters. The summed E-state index contributed by atoms with van der Waals surface area (Å²) in [4.78, 5) is 28.7. The quantitative estimate of drug-likeness (QED) is 0.289. The molecule has 2 aliphatic heterocycles. The average Bonchev–Trinajstić information content (AvgIpc) is 3.55. The Bertz CT molecular complexity index is 1670. The summed E-state index contributed by atoms with van der Waals surface area (Å²) in [6.07, 6.45) is 8.26. The molecule has 2 amide bonds. The number of carbonyl (C=O) groups excluding carboxylic acids is 2. The van der Waals surface area contributed by atoms with Crippen molar-refractivity contribution in [2.45, 2.75) is 38.6 Å². The van der Waals surface area contributed by atoms with Crippen molar-refractivity contribution in [2.24, 2.45) is 13.0 Å². The molecule has 2 aliphatic rings. The number of fused-ring (bicyclic) bond motifs is 4. The van der Waals surface area contributed by atoms with Crippen molar-refractivity contribution in [2.75, 3.05) is 11.9 Å². The van der Waals surface area contributed by atoms with Crippen molar-refractivity contribution in [3.8, 4) is 16.9 Å². The summed E-state index contributed by atoms with van der Waals surface area (Å²) >= 11 is 12.4. The van der Waals surface area contributed by atoms with Gasteiger partial charge in [-0.3, -0.25) is 9.59 Å². The summed E-state index contributed by atoms with van der Waals surface area (Å²) < 4.78 is 3.62. The van der Waals surface area contributed by atoms with E-state index in [2.05, 4.69) is 27.8 Å². The second-order valence-electron chi connectivity index (χ2n) is 10.7. The maximum Gasteiger partial charge on any atom is 0.247 e. The average molecular weight is 590 g/mol. The number of amides is 2. The molecule has 0 spiro atoms. The van der Waals surface area contributed by atoms with Crippen LogP contribution in [0.5, 0.6) is 0 Å². The molecular formula is C31H30Cl2N6O2. The van der Waals surface area contributed by atoms with Gasteiger partial charge in [0, 0.05) is 47.9 Å². The van der Waals surface area contributed by atoms with Crippen molar-refractivity contribution in [1.82, 2.24) is 24.5 Å². The first-order valence-corrected chi connectivity index (χ1v) is 14.5. The number of aryl methyl sites for hydroxylation is 1. The van der Waals surface area contributed by atoms with Crippen LogP contribution < -0.4 is 5.32 Å². The molecule has 10 heteroatoms. The van der Waals surface area contributed by atoms with Crippen molar-refractivity contribution >= 4 is 46.3 Å². The second-order valence-corrected chi connectivity index (χ2v) is 11.6. The zero-order valence-electron chi connectivity index (χ0n) is 22.8. The lowest BCUT2D eigenvalue weighted by Gasteiger charge is -2.35. The fourth-order valence-electron chi connectivity index (χ4n) is 5.89. The first-order valence-electron chi connectivity index (χ1n) is 13.7. The minimum absolute atomic E-state index is 0.0124. The van der Waals surface area contributed by atoms with Gasteiger partial charge in [0.2, 0.25) is 11.8 Å². The van der Waals surface area contributed by atoms with Gasteiger partial charge in [-0.1, -0.05) is 60.0 Å². The number of carbonyl (C=O) groups is 2. The van der Waals surface area contributed by atoms with Crippen LogP contribution in [-0.2, 0) is 16.6 Å². The van der Waals surface area contributed by atoms with E-state index in [4.69, 9.17) is 23.2 Å². The maximum atomic E-state index is 13.8. The van der Waals surface area contributed by atoms with Crippen LogP contribution in [0, 0.1) is 5.92 Å². The van der Waals surface area contributed by atoms with Gasteiger partial charge in [0.1, 0.15) is 0 Å². The minimum Gasteiger partial charge on any atom is -0.349 e. The SMILES string of the molecule is C[C@@H]1CCC[C@H](N2CCC(c3cc(Cl)ccc3-n3cc(Cl)nn3)=CC2=O)c2cccc(c2)-c2c(ccn2C)NC1=O. The van der Waals surface area contributed by atoms with Crippen LogP contribution in [0.1, 0.15) is 49.8 Å². The highest BCUT2D eigenvalue weighted by atomic mass is 35.5. The van der Waals surface area contributed by atoms with Crippen molar-refractivity contribution in [1.29, 1.82) is 0 Å². The van der Waals surface area contributed by atoms with Crippen molar-refractivity contribution < 1.29 is 9.59 Å². The van der Waals surface area contributed by atoms with Crippen LogP contribution in [0.3, 0.4) is 0 Å². The summed E-state index contributed by atoms with van der Waals surface area (Å²) in [6, 6.07) is 15.6. The molecule has 0 saturated heterocycles. The molecule has 4 aromatic rings. The van der Waals surface area contributed by atoms with Gasteiger partial charge >= 0.3 is 0 Å². The van der Waals surface area contributed by atoms with Gasteiger partial charge < -0.3 is 14.8 Å². The molecule has 0 aliphatic carbocycles. The van der Waals surface area contributed by atoms with Crippen molar-refractivity contribution in [3.05, 3.63) is 88.3 Å². The second kappa shape index (κ2) is 11.2. The van der Waals surface area contributed by atoms with Gasteiger partial charge in [-0.25, -0.2) is 4.68 Å². The summed E-state index contributed by atoms with van der Waals surface area (Å²) in [6.45, 7) is 2.51. The molecule has 6 rings (SSSR count). The first-order chi connectivity index (χ1) is 19.8. The molecule has 2 aromatic heterocycles. The van der Waals surface area contributed by atoms with E-state index in [9.17, 15) is 9.59 Å². The van der Waals surface area contributed by atoms with E-state index in [-0.39, 0.29) is 28.9 Å². The normalized spacial score (nSPS) is 19.6. The third-order valence-electron chi connectivity index (χ3n) is 8.03. The van der Waals surface area contributed by atoms with Crippen molar-refractivity contribution in [3.63, 3.8) is 0 Å². The van der Waals surface area contributed by atoms with Crippen LogP contribution in [0.25, 0.3) is 22.5 Å². The molecule has 8 nitrogen and oxygen atoms in total. The molecule has 0 fully saturated rings. The van der Waals surface area contributed by atoms with Crippen LogP contribution in [0.4, 0.5) is 5.69 Å². The largest absolute Gasteiger partial charge is 0.349 e. The molecular weight excluding hydrogens is 559 g/mol. The Hall–Kier alpha value is -3.88. The highest BCUT2D eigenvalue weighted by Crippen LogP contribution is 2.38. The number of halogens is 2. The summed E-state index contributed by atoms with van der Waals surface area (Å²) in [5.41, 5.74) is 6.29. The predicted molar refractivity (Wildman–Crippen MR) is 161 cm³/mol. The highest BCUT2D eigenvalue weighted by molar-refractivity contribution is 6.31. The number of benzene rings is 2. The van der Waals surface area contributed by atoms with E-state index >= 15 is 0 Å². The Morgan fingerprint density at radius 2 is 1.90 bits per heavy atom. The Kier molecular flexibility index (Phi) is 7.45. The fourth-order valence-corrected chi connectivity index (χ4v) is 6.19. The van der Waals surface area contributed by atoms with Crippen LogP contribution in [0.15, 0.2) is 67.0 Å². The number of nitrogens with zero attached hydrogens (tertiary/aromatic N) is 5. The molecule has 4 heterocycles. The van der Waals surface area contributed by atoms with E-state index in [0.717, 1.165) is 58.6 Å². The maximum absolute atomic E-state index is 13.8. The zero-order valence-corrected chi connectivity index (χ0v) is 24.4. The number of hydrogen-bond acceptors (Lipinski definition) is 4. The number of anilines is 1. The Morgan fingerprint density at radius 3 is 2.68 bits per heavy atom. The standard InChI is InChI=1S/C31H30Cl2N6O2/c1-19-5-3-8-26(21-6-4-7-22(15-21)30-25(34-31(19)41)12-13-37(30)2)38-14-11-20(16-29(38)40)24-17-23(32)9-10-27(24)39-18-28(33)35-36-39/h4,6-7,9-10,12-13,15-19,26H,3,5,8,11,14H2,1-2H3,(H,34,41)/t19-,26+/m1/s1. The van der Waals surface area contributed by atoms with E-state index in [1.54, 1.807) is 23.0 Å². The number of rotatable bonds is 3. The van der Waals surface area contributed by atoms with E-state index < -0.39 is 0 Å². The molecule has 2 atom stereocenters. The summed E-state index contributed by atoms with van der Waals surface area (Å²) in [5.74, 6) is -0.184. The number of hydrogen-bond donors (Lipinski definition) is 1. The van der Waals surface area contributed by atoms with Gasteiger partial charge in [-0.15, -0.1) is 5.10 Å². The lowest BCUT2D eigenvalue weighted by molar-refractivity contribution is -0.129. The van der Waals surface area contributed by atoms with Gasteiger partial charge in [0.05, 0.1) is 29.3 Å². The van der Waals surface area contributed by atoms with Gasteiger partial charge in [-0.2, -0.15) is 0 Å². The lowest BCUT2D eigenvalue weighted by Crippen LogP contribution is -2.37. The van der Waals surface area contributed by atoms with Crippen LogP contribution in [0.2, 0.25) is 10.2 Å². The Balaban J connectivity index is 1.36. The molecule has 1 N–H and O–H groups in total. The summed E-state index contributed by atoms with van der Waals surface area (Å²) in [7, 11) is 1.97. The van der Waals surface area contributed by atoms with Gasteiger partial charge in [0.25, 0.3) is 0 Å². The molecule has 0 radical (unpaired) electrons. The van der Waals surface area contributed by atoms with Gasteiger partial charge in [0.15, 0.2) is 5.15 Å². The third kappa shape index (κ3) is 5.42. The molecule has 210 valence electrons. The van der Waals surface area contributed by atoms with Gasteiger partial charge in [-0.05, 0) is 60.7 Å². The predicted octanol–water partition coefficient (Wildman–Crippen LogP) is 6.70. The molecule has 0 saturated carbocycles. The zero-order chi connectivity index (χ0) is 28.7. The monoisotopic (exact) mass is 588 g/mol. The lowest BCUT2D eigenvalue weighted by atomic mass is 9.91. The van der Waals surface area contributed by atoms with E-state index in [1.807, 2.05) is 60.0 Å². The topological polar surface area (TPSA) is 85.1 Å². The van der Waals surface area contributed by atoms with E-state index in [1.165, 1.54) is 0 Å². The number of nitrogens with one attached hydrogen (secondary N) is 1. The third-order valence-corrected chi connectivity index (χ3v) is 8.44. The smallest absolute Gasteiger partial charge is 0.247 e. The molecule has 2 aromatic carbocycles. The highest BCUT2D eigenvalue weighted by Gasteiger charge is 2.30. The van der Waals surface area contributed by atoms with E-state index in [0.29, 0.717) is 18.0 Å². The Labute approximate surface area is 248 Å². The minimum atomic E-state index is -0.142.